The van der Waals surface area contributed by atoms with Crippen molar-refractivity contribution in [2.24, 2.45) is 5.92 Å². The molecule has 1 aromatic heterocycles. The van der Waals surface area contributed by atoms with Gasteiger partial charge in [-0.25, -0.2) is 0 Å². The first-order valence-electron chi connectivity index (χ1n) is 7.73. The van der Waals surface area contributed by atoms with Crippen LogP contribution < -0.4 is 10.9 Å². The van der Waals surface area contributed by atoms with Crippen molar-refractivity contribution in [1.29, 1.82) is 0 Å². The maximum Gasteiger partial charge on any atom is 0.250 e. The molecule has 0 spiro atoms. The minimum atomic E-state index is 0.0277. The molecule has 4 nitrogen and oxygen atoms in total. The van der Waals surface area contributed by atoms with Crippen LogP contribution in [0.25, 0.3) is 0 Å². The lowest BCUT2D eigenvalue weighted by Crippen LogP contribution is -2.21. The SMILES string of the molecule is COCCn1cc(NCCC2CCCCC2)ccc1=O. The molecule has 1 aliphatic carbocycles. The Hall–Kier alpha value is -1.29. The van der Waals surface area contributed by atoms with Gasteiger partial charge in [0, 0.05) is 32.5 Å². The van der Waals surface area contributed by atoms with Gasteiger partial charge in [-0.05, 0) is 18.4 Å². The van der Waals surface area contributed by atoms with Crippen molar-refractivity contribution in [3.63, 3.8) is 0 Å². The fourth-order valence-corrected chi connectivity index (χ4v) is 2.90. The average Bonchev–Trinajstić information content (AvgIpc) is 2.49. The van der Waals surface area contributed by atoms with E-state index in [4.69, 9.17) is 4.74 Å². The van der Waals surface area contributed by atoms with Crippen molar-refractivity contribution in [2.45, 2.75) is 45.1 Å². The average molecular weight is 278 g/mol. The Morgan fingerprint density at radius 3 is 2.85 bits per heavy atom. The highest BCUT2D eigenvalue weighted by atomic mass is 16.5. The zero-order valence-electron chi connectivity index (χ0n) is 12.4. The van der Waals surface area contributed by atoms with E-state index in [-0.39, 0.29) is 5.56 Å². The second-order valence-corrected chi connectivity index (χ2v) is 5.66. The van der Waals surface area contributed by atoms with Gasteiger partial charge in [0.1, 0.15) is 0 Å². The molecule has 2 rings (SSSR count). The van der Waals surface area contributed by atoms with Gasteiger partial charge in [-0.3, -0.25) is 4.79 Å². The number of nitrogens with zero attached hydrogens (tertiary/aromatic N) is 1. The minimum absolute atomic E-state index is 0.0277. The zero-order valence-corrected chi connectivity index (χ0v) is 12.4. The summed E-state index contributed by atoms with van der Waals surface area (Å²) in [5.74, 6) is 0.885. The Bertz CT molecular complexity index is 450. The van der Waals surface area contributed by atoms with Crippen LogP contribution in [0.4, 0.5) is 5.69 Å². The number of rotatable bonds is 7. The lowest BCUT2D eigenvalue weighted by molar-refractivity contribution is 0.186. The van der Waals surface area contributed by atoms with Gasteiger partial charge in [0.25, 0.3) is 5.56 Å². The molecule has 20 heavy (non-hydrogen) atoms. The van der Waals surface area contributed by atoms with Crippen LogP contribution in [0.3, 0.4) is 0 Å². The van der Waals surface area contributed by atoms with Gasteiger partial charge in [-0.15, -0.1) is 0 Å². The monoisotopic (exact) mass is 278 g/mol. The van der Waals surface area contributed by atoms with Crippen LogP contribution >= 0.6 is 0 Å². The predicted molar refractivity (Wildman–Crippen MR) is 82.3 cm³/mol. The number of methoxy groups -OCH3 is 1. The molecule has 0 unspecified atom stereocenters. The minimum Gasteiger partial charge on any atom is -0.384 e. The summed E-state index contributed by atoms with van der Waals surface area (Å²) < 4.78 is 6.72. The van der Waals surface area contributed by atoms with Crippen LogP contribution in [-0.2, 0) is 11.3 Å². The zero-order chi connectivity index (χ0) is 14.2. The van der Waals surface area contributed by atoms with Crippen LogP contribution in [0.5, 0.6) is 0 Å². The van der Waals surface area contributed by atoms with Crippen molar-refractivity contribution in [1.82, 2.24) is 4.57 Å². The molecule has 1 aromatic rings. The predicted octanol–water partition coefficient (Wildman–Crippen LogP) is 2.88. The Balaban J connectivity index is 1.81. The summed E-state index contributed by atoms with van der Waals surface area (Å²) in [7, 11) is 1.65. The van der Waals surface area contributed by atoms with E-state index in [2.05, 4.69) is 5.32 Å². The molecule has 1 saturated carbocycles. The van der Waals surface area contributed by atoms with Gasteiger partial charge in [0.15, 0.2) is 0 Å². The van der Waals surface area contributed by atoms with E-state index in [0.717, 1.165) is 18.2 Å². The Labute approximate surface area is 121 Å². The highest BCUT2D eigenvalue weighted by molar-refractivity contribution is 5.40. The molecule has 0 atom stereocenters. The number of anilines is 1. The maximum atomic E-state index is 11.7. The van der Waals surface area contributed by atoms with Crippen LogP contribution in [0.1, 0.15) is 38.5 Å². The van der Waals surface area contributed by atoms with Gasteiger partial charge in [0.05, 0.1) is 12.3 Å². The van der Waals surface area contributed by atoms with E-state index in [1.807, 2.05) is 12.3 Å². The lowest BCUT2D eigenvalue weighted by atomic mass is 9.87. The molecule has 1 fully saturated rings. The van der Waals surface area contributed by atoms with E-state index < -0.39 is 0 Å². The molecule has 1 N–H and O–H groups in total. The largest absolute Gasteiger partial charge is 0.384 e. The summed E-state index contributed by atoms with van der Waals surface area (Å²) >= 11 is 0. The van der Waals surface area contributed by atoms with Crippen LogP contribution in [0, 0.1) is 5.92 Å². The third-order valence-corrected chi connectivity index (χ3v) is 4.13. The topological polar surface area (TPSA) is 43.3 Å². The fourth-order valence-electron chi connectivity index (χ4n) is 2.90. The molecule has 1 aliphatic rings. The summed E-state index contributed by atoms with van der Waals surface area (Å²) in [5.41, 5.74) is 1.05. The summed E-state index contributed by atoms with van der Waals surface area (Å²) in [5, 5.41) is 3.44. The third kappa shape index (κ3) is 4.67. The van der Waals surface area contributed by atoms with Gasteiger partial charge in [-0.1, -0.05) is 32.1 Å². The summed E-state index contributed by atoms with van der Waals surface area (Å²) in [6, 6.07) is 3.49. The van der Waals surface area contributed by atoms with Crippen molar-refractivity contribution in [3.05, 3.63) is 28.7 Å². The molecule has 0 aliphatic heterocycles. The highest BCUT2D eigenvalue weighted by Gasteiger charge is 2.12. The maximum absolute atomic E-state index is 11.7. The molecule has 0 radical (unpaired) electrons. The molecule has 0 saturated heterocycles. The Kier molecular flexibility index (Phi) is 6.12. The van der Waals surface area contributed by atoms with E-state index in [0.29, 0.717) is 13.2 Å². The van der Waals surface area contributed by atoms with Gasteiger partial charge >= 0.3 is 0 Å². The summed E-state index contributed by atoms with van der Waals surface area (Å²) in [4.78, 5) is 11.7. The first kappa shape index (κ1) is 15.1. The number of ether oxygens (including phenoxy) is 1. The van der Waals surface area contributed by atoms with Crippen molar-refractivity contribution >= 4 is 5.69 Å². The van der Waals surface area contributed by atoms with E-state index in [1.165, 1.54) is 38.5 Å². The molecule has 1 heterocycles. The molecule has 4 heteroatoms. The van der Waals surface area contributed by atoms with Crippen LogP contribution in [0.2, 0.25) is 0 Å². The normalized spacial score (nSPS) is 16.2. The van der Waals surface area contributed by atoms with Crippen molar-refractivity contribution in [3.8, 4) is 0 Å². The Morgan fingerprint density at radius 2 is 2.10 bits per heavy atom. The second-order valence-electron chi connectivity index (χ2n) is 5.66. The number of aromatic nitrogens is 1. The van der Waals surface area contributed by atoms with Gasteiger partial charge in [0.2, 0.25) is 0 Å². The van der Waals surface area contributed by atoms with Crippen LogP contribution in [0.15, 0.2) is 23.1 Å². The molecular weight excluding hydrogens is 252 g/mol. The molecule has 0 bridgehead atoms. The van der Waals surface area contributed by atoms with E-state index in [9.17, 15) is 4.79 Å². The molecule has 0 aromatic carbocycles. The number of hydrogen-bond donors (Lipinski definition) is 1. The number of pyridine rings is 1. The first-order chi connectivity index (χ1) is 9.79. The smallest absolute Gasteiger partial charge is 0.250 e. The number of hydrogen-bond acceptors (Lipinski definition) is 3. The van der Waals surface area contributed by atoms with Crippen LogP contribution in [-0.4, -0.2) is 24.8 Å². The van der Waals surface area contributed by atoms with E-state index >= 15 is 0 Å². The first-order valence-corrected chi connectivity index (χ1v) is 7.73. The van der Waals surface area contributed by atoms with Crippen molar-refractivity contribution in [2.75, 3.05) is 25.6 Å². The number of nitrogens with one attached hydrogen (secondary N) is 1. The summed E-state index contributed by atoms with van der Waals surface area (Å²) in [6.07, 6.45) is 10.1. The van der Waals surface area contributed by atoms with Gasteiger partial charge < -0.3 is 14.6 Å². The molecular formula is C16H26N2O2. The second kappa shape index (κ2) is 8.10. The van der Waals surface area contributed by atoms with Crippen molar-refractivity contribution < 1.29 is 4.74 Å². The van der Waals surface area contributed by atoms with E-state index in [1.54, 1.807) is 17.7 Å². The third-order valence-electron chi connectivity index (χ3n) is 4.13. The molecule has 112 valence electrons. The Morgan fingerprint density at radius 1 is 1.30 bits per heavy atom. The molecule has 0 amide bonds. The standard InChI is InChI=1S/C16H26N2O2/c1-20-12-11-18-13-15(7-8-16(18)19)17-10-9-14-5-3-2-4-6-14/h7-8,13-14,17H,2-6,9-12H2,1H3. The fraction of sp³-hybridized carbons (Fsp3) is 0.688. The summed E-state index contributed by atoms with van der Waals surface area (Å²) in [6.45, 7) is 2.16. The quantitative estimate of drug-likeness (QED) is 0.834. The highest BCUT2D eigenvalue weighted by Crippen LogP contribution is 2.26. The van der Waals surface area contributed by atoms with Gasteiger partial charge in [-0.2, -0.15) is 0 Å². The lowest BCUT2D eigenvalue weighted by Gasteiger charge is -2.21.